The molecule has 33 heteroatoms. The summed E-state index contributed by atoms with van der Waals surface area (Å²) in [5, 5.41) is 49.8. The largest absolute Gasteiger partial charge is 0.481 e. The maximum Gasteiger partial charge on any atom is 0.326 e. The molecular formula is C33H56N14O15S4. The van der Waals surface area contributed by atoms with Gasteiger partial charge in [-0.05, 0) is 12.8 Å². The number of nitrogens with two attached hydrogens (primary N) is 3. The summed E-state index contributed by atoms with van der Waals surface area (Å²) in [4.78, 5) is 151. The molecule has 0 aromatic rings. The Hall–Kier alpha value is -5.77. The van der Waals surface area contributed by atoms with Crippen LogP contribution in [0, 0.1) is 0 Å². The van der Waals surface area contributed by atoms with Gasteiger partial charge in [-0.15, -0.1) is 0 Å². The van der Waals surface area contributed by atoms with Gasteiger partial charge < -0.3 is 85.7 Å². The molecular weight excluding hydrogens is 961 g/mol. The molecule has 0 fully saturated rings. The van der Waals surface area contributed by atoms with Crippen molar-refractivity contribution in [2.24, 2.45) is 22.2 Å². The predicted octanol–water partition coefficient (Wildman–Crippen LogP) is -9.99. The molecule has 19 N–H and O–H groups in total. The van der Waals surface area contributed by atoms with Crippen LogP contribution in [0.2, 0.25) is 0 Å². The topological polar surface area (TPSA) is 476 Å². The molecule has 7 atom stereocenters. The van der Waals surface area contributed by atoms with Crippen LogP contribution >= 0.6 is 50.5 Å². The smallest absolute Gasteiger partial charge is 0.326 e. The molecule has 0 aliphatic heterocycles. The number of guanidine groups is 1. The molecule has 0 unspecified atom stereocenters. The number of aliphatic imine (C=N–C) groups is 1. The van der Waals surface area contributed by atoms with Gasteiger partial charge in [0.1, 0.15) is 36.3 Å². The van der Waals surface area contributed by atoms with Crippen molar-refractivity contribution < 1.29 is 72.9 Å². The molecule has 0 spiro atoms. The van der Waals surface area contributed by atoms with E-state index in [-0.39, 0.29) is 48.4 Å². The van der Waals surface area contributed by atoms with Gasteiger partial charge in [0.2, 0.25) is 59.1 Å². The molecule has 0 heterocycles. The van der Waals surface area contributed by atoms with Gasteiger partial charge in [0.25, 0.3) is 0 Å². The highest BCUT2D eigenvalue weighted by molar-refractivity contribution is 7.80. The van der Waals surface area contributed by atoms with Crippen LogP contribution in [-0.2, 0) is 57.5 Å². The Morgan fingerprint density at radius 3 is 1.32 bits per heavy atom. The van der Waals surface area contributed by atoms with Gasteiger partial charge in [0.05, 0.1) is 45.2 Å². The van der Waals surface area contributed by atoms with Crippen molar-refractivity contribution >= 4 is 127 Å². The van der Waals surface area contributed by atoms with Crippen LogP contribution in [-0.4, -0.2) is 197 Å². The van der Waals surface area contributed by atoms with Crippen LogP contribution in [0.5, 0.6) is 0 Å². The van der Waals surface area contributed by atoms with E-state index in [2.05, 4.69) is 103 Å². The molecule has 29 nitrogen and oxygen atoms in total. The summed E-state index contributed by atoms with van der Waals surface area (Å²) in [6.07, 6.45) is -1.04. The maximum absolute atomic E-state index is 13.0. The quantitative estimate of drug-likeness (QED) is 0.0129. The normalized spacial score (nSPS) is 13.7. The summed E-state index contributed by atoms with van der Waals surface area (Å²) >= 11 is 16.0. The first-order valence-corrected chi connectivity index (χ1v) is 21.8. The Bertz CT molecular complexity index is 1780. The van der Waals surface area contributed by atoms with Crippen LogP contribution in [0.3, 0.4) is 0 Å². The number of carbonyl (C=O) groups excluding carboxylic acids is 10. The number of carboxylic acids is 2. The summed E-state index contributed by atoms with van der Waals surface area (Å²) in [6, 6.07) is -9.74. The highest BCUT2D eigenvalue weighted by atomic mass is 32.1. The summed E-state index contributed by atoms with van der Waals surface area (Å²) in [6.45, 7) is -4.04. The van der Waals surface area contributed by atoms with Gasteiger partial charge in [0, 0.05) is 29.6 Å². The molecule has 0 aromatic heterocycles. The number of hydrogen-bond acceptors (Lipinski definition) is 19. The molecule has 372 valence electrons. The highest BCUT2D eigenvalue weighted by Crippen LogP contribution is 2.02. The Morgan fingerprint density at radius 2 is 0.879 bits per heavy atom. The van der Waals surface area contributed by atoms with Gasteiger partial charge in [-0.1, -0.05) is 0 Å². The Kier molecular flexibility index (Phi) is 29.9. The first-order valence-electron chi connectivity index (χ1n) is 19.2. The van der Waals surface area contributed by atoms with Crippen molar-refractivity contribution in [1.82, 2.24) is 53.2 Å². The van der Waals surface area contributed by atoms with E-state index in [9.17, 15) is 62.6 Å². The number of hydrogen-bond donors (Lipinski definition) is 20. The molecule has 0 bridgehead atoms. The van der Waals surface area contributed by atoms with Gasteiger partial charge in [-0.25, -0.2) is 4.79 Å². The fraction of sp³-hybridized carbons (Fsp3) is 0.606. The van der Waals surface area contributed by atoms with Crippen LogP contribution in [0.1, 0.15) is 19.3 Å². The van der Waals surface area contributed by atoms with E-state index in [4.69, 9.17) is 27.4 Å². The first kappa shape index (κ1) is 60.2. The number of aliphatic carboxylic acids is 2. The second-order valence-corrected chi connectivity index (χ2v) is 14.8. The lowest BCUT2D eigenvalue weighted by atomic mass is 10.1. The summed E-state index contributed by atoms with van der Waals surface area (Å²) < 4.78 is 0. The Labute approximate surface area is 398 Å². The number of amides is 10. The van der Waals surface area contributed by atoms with E-state index in [1.54, 1.807) is 0 Å². The van der Waals surface area contributed by atoms with Crippen LogP contribution in [0.4, 0.5) is 0 Å². The fourth-order valence-corrected chi connectivity index (χ4v) is 5.59. The van der Waals surface area contributed by atoms with Crippen molar-refractivity contribution in [1.29, 1.82) is 0 Å². The van der Waals surface area contributed by atoms with E-state index in [1.165, 1.54) is 0 Å². The molecule has 0 saturated carbocycles. The van der Waals surface area contributed by atoms with Crippen LogP contribution < -0.4 is 70.4 Å². The third-order valence-electron chi connectivity index (χ3n) is 8.14. The molecule has 0 radical (unpaired) electrons. The van der Waals surface area contributed by atoms with Gasteiger partial charge in [-0.3, -0.25) is 57.7 Å². The second kappa shape index (κ2) is 32.8. The predicted molar refractivity (Wildman–Crippen MR) is 244 cm³/mol. The second-order valence-electron chi connectivity index (χ2n) is 13.4. The number of aliphatic hydroxyl groups is 1. The van der Waals surface area contributed by atoms with E-state index < -0.39 is 153 Å². The number of carbonyl (C=O) groups is 12. The highest BCUT2D eigenvalue weighted by Gasteiger charge is 2.30. The van der Waals surface area contributed by atoms with Crippen molar-refractivity contribution in [2.75, 3.05) is 62.3 Å². The van der Waals surface area contributed by atoms with E-state index in [0.717, 1.165) is 0 Å². The third-order valence-corrected chi connectivity index (χ3v) is 9.63. The van der Waals surface area contributed by atoms with Crippen molar-refractivity contribution in [3.8, 4) is 0 Å². The van der Waals surface area contributed by atoms with Gasteiger partial charge >= 0.3 is 11.9 Å². The zero-order valence-electron chi connectivity index (χ0n) is 34.9. The number of rotatable bonds is 32. The summed E-state index contributed by atoms with van der Waals surface area (Å²) in [7, 11) is 0. The number of nitrogens with zero attached hydrogens (tertiary/aromatic N) is 1. The lowest BCUT2D eigenvalue weighted by Gasteiger charge is -2.24. The molecule has 10 amide bonds. The minimum Gasteiger partial charge on any atom is -0.481 e. The van der Waals surface area contributed by atoms with Gasteiger partial charge in [0.15, 0.2) is 5.96 Å². The van der Waals surface area contributed by atoms with Crippen LogP contribution in [0.25, 0.3) is 0 Å². The molecule has 0 aromatic carbocycles. The average molecular weight is 1020 g/mol. The monoisotopic (exact) mass is 1020 g/mol. The third kappa shape index (κ3) is 25.1. The molecule has 0 aliphatic rings. The number of carboxylic acid groups (broad SMARTS) is 2. The number of aliphatic hydroxyl groups excluding tert-OH is 1. The summed E-state index contributed by atoms with van der Waals surface area (Å²) in [5.41, 5.74) is 16.2. The van der Waals surface area contributed by atoms with E-state index >= 15 is 0 Å². The lowest BCUT2D eigenvalue weighted by Crippen LogP contribution is -2.59. The minimum absolute atomic E-state index is 0.00223. The van der Waals surface area contributed by atoms with Gasteiger partial charge in [-0.2, -0.15) is 50.5 Å². The molecule has 0 aliphatic carbocycles. The Balaban J connectivity index is 5.15. The number of nitrogens with one attached hydrogen (secondary N) is 10. The van der Waals surface area contributed by atoms with Crippen molar-refractivity contribution in [2.45, 2.75) is 61.6 Å². The summed E-state index contributed by atoms with van der Waals surface area (Å²) in [5.74, 6) is -13.3. The van der Waals surface area contributed by atoms with Crippen molar-refractivity contribution in [3.05, 3.63) is 0 Å². The van der Waals surface area contributed by atoms with E-state index in [0.29, 0.717) is 0 Å². The first-order chi connectivity index (χ1) is 31.0. The van der Waals surface area contributed by atoms with Crippen LogP contribution in [0.15, 0.2) is 4.99 Å². The zero-order chi connectivity index (χ0) is 50.5. The zero-order valence-corrected chi connectivity index (χ0v) is 38.5. The van der Waals surface area contributed by atoms with Crippen molar-refractivity contribution in [3.63, 3.8) is 0 Å². The molecule has 0 saturated heterocycles. The SMILES string of the molecule is NC(N)=NCCC[C@H](NC(=O)[C@H](CO)NC(=O)CNC(=O)CNC(=O)CNC(=O)[C@H](CS)NC(=O)[C@H](CS)NC(=O)[C@H](CS)NC(=O)[C@@H](N)CS)C(=O)NCC(=O)N[C@@H](CC(=O)O)C(=O)O. The molecule has 66 heavy (non-hydrogen) atoms. The fourth-order valence-electron chi connectivity index (χ4n) is 4.66. The number of thiol groups is 4. The average Bonchev–Trinajstić information content (AvgIpc) is 3.27. The minimum atomic E-state index is -1.81. The maximum atomic E-state index is 13.0. The standard InChI is InChI=1S/C33H56N14O15S4/c34-14(10-63)26(55)45-19(12-65)30(59)47-20(13-66)31(60)46-18(11-64)28(57)40-6-22(50)38-5-21(49)39-7-23(51)43-17(9-48)29(58)44-15(2-1-3-37-33(35)36)27(56)41-8-24(52)42-16(32(61)62)4-25(53)54/h14-20,48,63-66H,1-13,34H2,(H,38,50)(H,39,49)(H,40,57)(H,41,56)(H,42,52)(H,43,51)(H,44,58)(H,45,55)(H,46,60)(H,47,59)(H,53,54)(H,61,62)(H4,35,36,37)/t14-,15-,16-,17-,18-,19-,20-/m0/s1. The molecule has 0 rings (SSSR count). The lowest BCUT2D eigenvalue weighted by molar-refractivity contribution is -0.147. The Morgan fingerprint density at radius 1 is 0.485 bits per heavy atom. The van der Waals surface area contributed by atoms with E-state index in [1.807, 2.05) is 5.32 Å².